The fraction of sp³-hybridized carbons (Fsp3) is 0.400. The summed E-state index contributed by atoms with van der Waals surface area (Å²) in [5, 5.41) is 12.0. The largest absolute Gasteiger partial charge is 0.355 e. The molecular formula is C15H18ClN5. The molecule has 1 aliphatic heterocycles. The Hall–Kier alpha value is -1.88. The second-order valence-corrected chi connectivity index (χ2v) is 5.80. The van der Waals surface area contributed by atoms with Gasteiger partial charge in [-0.05, 0) is 43.9 Å². The number of hydrogen-bond donors (Lipinski definition) is 1. The molecule has 6 heteroatoms. The molecule has 1 saturated heterocycles. The Labute approximate surface area is 129 Å². The third-order valence-electron chi connectivity index (χ3n) is 3.64. The minimum Gasteiger partial charge on any atom is -0.355 e. The van der Waals surface area contributed by atoms with Crippen LogP contribution in [0.4, 0.5) is 17.5 Å². The Morgan fingerprint density at radius 2 is 1.95 bits per heavy atom. The van der Waals surface area contributed by atoms with Crippen molar-refractivity contribution in [1.29, 1.82) is 0 Å². The molecule has 1 aromatic heterocycles. The maximum atomic E-state index is 6.30. The molecule has 0 amide bonds. The number of nitrogens with zero attached hydrogens (tertiary/aromatic N) is 4. The SMILES string of the molecule is Cc1cc(C)c(Nc2nncc(N3CCCC3)n2)c(Cl)c1. The molecule has 21 heavy (non-hydrogen) atoms. The van der Waals surface area contributed by atoms with Gasteiger partial charge in [0, 0.05) is 13.1 Å². The zero-order valence-corrected chi connectivity index (χ0v) is 13.0. The second kappa shape index (κ2) is 5.85. The number of benzene rings is 1. The minimum absolute atomic E-state index is 0.480. The van der Waals surface area contributed by atoms with Crippen LogP contribution >= 0.6 is 11.6 Å². The van der Waals surface area contributed by atoms with Crippen LogP contribution < -0.4 is 10.2 Å². The molecule has 0 bridgehead atoms. The van der Waals surface area contributed by atoms with Gasteiger partial charge in [-0.1, -0.05) is 17.7 Å². The molecule has 0 spiro atoms. The van der Waals surface area contributed by atoms with E-state index in [9.17, 15) is 0 Å². The Morgan fingerprint density at radius 3 is 2.67 bits per heavy atom. The quantitative estimate of drug-likeness (QED) is 0.940. The Morgan fingerprint density at radius 1 is 1.19 bits per heavy atom. The van der Waals surface area contributed by atoms with E-state index in [1.54, 1.807) is 6.20 Å². The van der Waals surface area contributed by atoms with E-state index >= 15 is 0 Å². The molecule has 2 heterocycles. The van der Waals surface area contributed by atoms with E-state index in [1.807, 2.05) is 19.9 Å². The first-order chi connectivity index (χ1) is 10.1. The van der Waals surface area contributed by atoms with Crippen LogP contribution in [0.25, 0.3) is 0 Å². The van der Waals surface area contributed by atoms with Gasteiger partial charge < -0.3 is 10.2 Å². The highest BCUT2D eigenvalue weighted by molar-refractivity contribution is 6.33. The van der Waals surface area contributed by atoms with Gasteiger partial charge in [-0.3, -0.25) is 0 Å². The second-order valence-electron chi connectivity index (χ2n) is 5.40. The van der Waals surface area contributed by atoms with Crippen LogP contribution in [0.5, 0.6) is 0 Å². The van der Waals surface area contributed by atoms with Gasteiger partial charge in [-0.2, -0.15) is 10.1 Å². The highest BCUT2D eigenvalue weighted by atomic mass is 35.5. The summed E-state index contributed by atoms with van der Waals surface area (Å²) in [5.41, 5.74) is 3.03. The van der Waals surface area contributed by atoms with Crippen LogP contribution in [-0.4, -0.2) is 28.3 Å². The summed E-state index contributed by atoms with van der Waals surface area (Å²) in [6, 6.07) is 4.00. The normalized spacial score (nSPS) is 14.5. The molecule has 0 unspecified atom stereocenters. The lowest BCUT2D eigenvalue weighted by atomic mass is 10.1. The van der Waals surface area contributed by atoms with Crippen molar-refractivity contribution in [2.45, 2.75) is 26.7 Å². The van der Waals surface area contributed by atoms with Crippen molar-refractivity contribution < 1.29 is 0 Å². The average molecular weight is 304 g/mol. The summed E-state index contributed by atoms with van der Waals surface area (Å²) in [6.07, 6.45) is 4.12. The standard InChI is InChI=1S/C15H18ClN5/c1-10-7-11(2)14(12(16)8-10)19-15-18-13(9-17-20-15)21-5-3-4-6-21/h7-9H,3-6H2,1-2H3,(H,18,19,20). The molecule has 1 aliphatic rings. The highest BCUT2D eigenvalue weighted by Crippen LogP contribution is 2.29. The Kier molecular flexibility index (Phi) is 3.92. The van der Waals surface area contributed by atoms with E-state index in [0.29, 0.717) is 11.0 Å². The van der Waals surface area contributed by atoms with E-state index in [4.69, 9.17) is 11.6 Å². The van der Waals surface area contributed by atoms with Gasteiger partial charge in [0.05, 0.1) is 16.9 Å². The number of hydrogen-bond acceptors (Lipinski definition) is 5. The summed E-state index contributed by atoms with van der Waals surface area (Å²) in [6.45, 7) is 6.10. The van der Waals surface area contributed by atoms with Crippen molar-refractivity contribution in [2.75, 3.05) is 23.3 Å². The molecule has 110 valence electrons. The first-order valence-corrected chi connectivity index (χ1v) is 7.50. The van der Waals surface area contributed by atoms with E-state index in [2.05, 4.69) is 31.5 Å². The molecule has 0 atom stereocenters. The van der Waals surface area contributed by atoms with Gasteiger partial charge in [0.1, 0.15) is 0 Å². The summed E-state index contributed by atoms with van der Waals surface area (Å²) >= 11 is 6.30. The van der Waals surface area contributed by atoms with Crippen molar-refractivity contribution in [3.63, 3.8) is 0 Å². The van der Waals surface area contributed by atoms with Gasteiger partial charge in [0.15, 0.2) is 5.82 Å². The van der Waals surface area contributed by atoms with Crippen LogP contribution in [0.3, 0.4) is 0 Å². The lowest BCUT2D eigenvalue weighted by molar-refractivity contribution is 0.890. The van der Waals surface area contributed by atoms with Crippen molar-refractivity contribution in [3.05, 3.63) is 34.5 Å². The molecule has 0 radical (unpaired) electrons. The first-order valence-electron chi connectivity index (χ1n) is 7.12. The molecule has 1 N–H and O–H groups in total. The van der Waals surface area contributed by atoms with E-state index < -0.39 is 0 Å². The van der Waals surface area contributed by atoms with E-state index in [0.717, 1.165) is 35.7 Å². The lowest BCUT2D eigenvalue weighted by Gasteiger charge is -2.16. The topological polar surface area (TPSA) is 53.9 Å². The lowest BCUT2D eigenvalue weighted by Crippen LogP contribution is -2.20. The molecule has 1 fully saturated rings. The van der Waals surface area contributed by atoms with Crippen molar-refractivity contribution in [1.82, 2.24) is 15.2 Å². The molecule has 1 aromatic carbocycles. The zero-order chi connectivity index (χ0) is 14.8. The molecule has 0 saturated carbocycles. The predicted molar refractivity (Wildman–Crippen MR) is 85.5 cm³/mol. The Bertz CT molecular complexity index is 629. The number of aromatic nitrogens is 3. The number of halogens is 1. The maximum Gasteiger partial charge on any atom is 0.249 e. The molecule has 2 aromatic rings. The highest BCUT2D eigenvalue weighted by Gasteiger charge is 2.15. The number of aryl methyl sites for hydroxylation is 2. The maximum absolute atomic E-state index is 6.30. The summed E-state index contributed by atoms with van der Waals surface area (Å²) in [7, 11) is 0. The van der Waals surface area contributed by atoms with E-state index in [1.165, 1.54) is 12.8 Å². The fourth-order valence-corrected chi connectivity index (χ4v) is 3.00. The Balaban J connectivity index is 1.86. The average Bonchev–Trinajstić information content (AvgIpc) is 2.97. The van der Waals surface area contributed by atoms with Gasteiger partial charge in [0.2, 0.25) is 5.95 Å². The first kappa shape index (κ1) is 14.1. The zero-order valence-electron chi connectivity index (χ0n) is 12.2. The van der Waals surface area contributed by atoms with Gasteiger partial charge in [-0.25, -0.2) is 0 Å². The summed E-state index contributed by atoms with van der Waals surface area (Å²) < 4.78 is 0. The van der Waals surface area contributed by atoms with Gasteiger partial charge >= 0.3 is 0 Å². The number of rotatable bonds is 3. The molecule has 0 aliphatic carbocycles. The summed E-state index contributed by atoms with van der Waals surface area (Å²) in [4.78, 5) is 6.76. The molecule has 3 rings (SSSR count). The van der Waals surface area contributed by atoms with E-state index in [-0.39, 0.29) is 0 Å². The fourth-order valence-electron chi connectivity index (χ4n) is 2.63. The van der Waals surface area contributed by atoms with Crippen molar-refractivity contribution in [3.8, 4) is 0 Å². The van der Waals surface area contributed by atoms with Gasteiger partial charge in [0.25, 0.3) is 0 Å². The third-order valence-corrected chi connectivity index (χ3v) is 3.94. The van der Waals surface area contributed by atoms with Crippen molar-refractivity contribution >= 4 is 29.1 Å². The minimum atomic E-state index is 0.480. The summed E-state index contributed by atoms with van der Waals surface area (Å²) in [5.74, 6) is 1.35. The third kappa shape index (κ3) is 3.08. The van der Waals surface area contributed by atoms with Crippen LogP contribution in [-0.2, 0) is 0 Å². The predicted octanol–water partition coefficient (Wildman–Crippen LogP) is 3.49. The molecular weight excluding hydrogens is 286 g/mol. The van der Waals surface area contributed by atoms with Gasteiger partial charge in [-0.15, -0.1) is 5.10 Å². The number of anilines is 3. The van der Waals surface area contributed by atoms with Crippen LogP contribution in [0.1, 0.15) is 24.0 Å². The van der Waals surface area contributed by atoms with Crippen LogP contribution in [0, 0.1) is 13.8 Å². The van der Waals surface area contributed by atoms with Crippen LogP contribution in [0.15, 0.2) is 18.3 Å². The smallest absolute Gasteiger partial charge is 0.249 e. The van der Waals surface area contributed by atoms with Crippen LogP contribution in [0.2, 0.25) is 5.02 Å². The number of nitrogens with one attached hydrogen (secondary N) is 1. The van der Waals surface area contributed by atoms with Crippen molar-refractivity contribution in [2.24, 2.45) is 0 Å². The monoisotopic (exact) mass is 303 g/mol. The molecule has 5 nitrogen and oxygen atoms in total.